The van der Waals surface area contributed by atoms with Gasteiger partial charge in [0.05, 0.1) is 14.2 Å². The molecule has 7 nitrogen and oxygen atoms in total. The first-order valence-electron chi connectivity index (χ1n) is 16.9. The van der Waals surface area contributed by atoms with Gasteiger partial charge < -0.3 is 36.2 Å². The van der Waals surface area contributed by atoms with E-state index in [2.05, 4.69) is 45.5 Å². The zero-order chi connectivity index (χ0) is 29.8. The summed E-state index contributed by atoms with van der Waals surface area (Å²) in [5.74, 6) is 1.95. The highest BCUT2D eigenvalue weighted by Crippen LogP contribution is 2.17. The van der Waals surface area contributed by atoms with E-state index in [1.807, 2.05) is 24.3 Å². The van der Waals surface area contributed by atoms with Crippen LogP contribution < -0.4 is 30.7 Å². The Labute approximate surface area is 312 Å². The maximum Gasteiger partial charge on any atom is 0.123 e. The van der Waals surface area contributed by atoms with Gasteiger partial charge in [0.25, 0.3) is 0 Å². The Morgan fingerprint density at radius 3 is 0.936 bits per heavy atom. The molecule has 0 radical (unpaired) electrons. The summed E-state index contributed by atoms with van der Waals surface area (Å²) in [6.45, 7) is 8.62. The standard InChI is InChI=1S/C36H62N4O2.4ClH.H2O/c1-41-35-23-13-11-21-33(35)31-39-29-19-9-7-17-27-37-25-15-5-3-4-6-16-26-38-28-18-8-10-20-30-40-32-34-22-12-14-24-36(34)42-2;;;;;/h11-14,21-24,37-40H,3-10,15-20,25-32H2,1-2H3;4*1H;1H2. The third kappa shape index (κ3) is 28.5. The molecule has 0 heterocycles. The van der Waals surface area contributed by atoms with Gasteiger partial charge in [-0.1, -0.05) is 87.8 Å². The van der Waals surface area contributed by atoms with Gasteiger partial charge in [-0.05, 0) is 89.9 Å². The highest BCUT2D eigenvalue weighted by molar-refractivity contribution is 5.86. The van der Waals surface area contributed by atoms with Crippen LogP contribution in [0.25, 0.3) is 0 Å². The average molecular weight is 747 g/mol. The van der Waals surface area contributed by atoms with E-state index in [0.29, 0.717) is 0 Å². The van der Waals surface area contributed by atoms with E-state index >= 15 is 0 Å². The predicted octanol–water partition coefficient (Wildman–Crippen LogP) is 8.09. The predicted molar refractivity (Wildman–Crippen MR) is 212 cm³/mol. The van der Waals surface area contributed by atoms with Crippen LogP contribution in [-0.4, -0.2) is 59.0 Å². The summed E-state index contributed by atoms with van der Waals surface area (Å²) in [4.78, 5) is 0. The number of rotatable bonds is 29. The molecular formula is C36H68Cl4N4O3. The third-order valence-corrected chi connectivity index (χ3v) is 7.89. The Morgan fingerprint density at radius 1 is 0.383 bits per heavy atom. The van der Waals surface area contributed by atoms with E-state index in [0.717, 1.165) is 37.7 Å². The molecule has 6 N–H and O–H groups in total. The maximum atomic E-state index is 5.41. The van der Waals surface area contributed by atoms with Crippen molar-refractivity contribution >= 4 is 49.6 Å². The molecule has 0 atom stereocenters. The second kappa shape index (κ2) is 39.4. The fraction of sp³-hybridized carbons (Fsp3) is 0.667. The van der Waals surface area contributed by atoms with Gasteiger partial charge in [-0.25, -0.2) is 0 Å². The first kappa shape index (κ1) is 52.8. The molecule has 47 heavy (non-hydrogen) atoms. The van der Waals surface area contributed by atoms with Gasteiger partial charge in [-0.15, -0.1) is 49.6 Å². The number of methoxy groups -OCH3 is 2. The van der Waals surface area contributed by atoms with Crippen molar-refractivity contribution in [1.29, 1.82) is 0 Å². The van der Waals surface area contributed by atoms with E-state index in [1.54, 1.807) is 14.2 Å². The molecule has 2 aromatic rings. The summed E-state index contributed by atoms with van der Waals surface area (Å²) in [5.41, 5.74) is 2.47. The highest BCUT2D eigenvalue weighted by atomic mass is 35.5. The molecule has 0 aromatic heterocycles. The van der Waals surface area contributed by atoms with E-state index in [9.17, 15) is 0 Å². The lowest BCUT2D eigenvalue weighted by Crippen LogP contribution is -2.17. The lowest BCUT2D eigenvalue weighted by atomic mass is 10.1. The summed E-state index contributed by atoms with van der Waals surface area (Å²) >= 11 is 0. The van der Waals surface area contributed by atoms with Crippen molar-refractivity contribution in [1.82, 2.24) is 21.3 Å². The lowest BCUT2D eigenvalue weighted by molar-refractivity contribution is 0.407. The third-order valence-electron chi connectivity index (χ3n) is 7.89. The van der Waals surface area contributed by atoms with Crippen LogP contribution in [0.5, 0.6) is 11.5 Å². The van der Waals surface area contributed by atoms with E-state index in [-0.39, 0.29) is 55.1 Å². The average Bonchev–Trinajstić information content (AvgIpc) is 3.03. The van der Waals surface area contributed by atoms with Crippen LogP contribution in [0.4, 0.5) is 0 Å². The minimum Gasteiger partial charge on any atom is -0.496 e. The summed E-state index contributed by atoms with van der Waals surface area (Å²) in [5, 5.41) is 14.4. The van der Waals surface area contributed by atoms with Gasteiger partial charge in [-0.2, -0.15) is 0 Å². The fourth-order valence-corrected chi connectivity index (χ4v) is 5.31. The van der Waals surface area contributed by atoms with Gasteiger partial charge in [0, 0.05) is 24.2 Å². The maximum absolute atomic E-state index is 5.41. The highest BCUT2D eigenvalue weighted by Gasteiger charge is 2.01. The van der Waals surface area contributed by atoms with Crippen molar-refractivity contribution in [2.24, 2.45) is 0 Å². The molecule has 0 spiro atoms. The summed E-state index contributed by atoms with van der Waals surface area (Å²) in [7, 11) is 3.48. The van der Waals surface area contributed by atoms with Crippen LogP contribution in [0.3, 0.4) is 0 Å². The zero-order valence-electron chi connectivity index (χ0n) is 29.1. The Hall–Kier alpha value is -1.000. The first-order chi connectivity index (χ1) is 20.8. The van der Waals surface area contributed by atoms with Crippen LogP contribution in [-0.2, 0) is 13.1 Å². The van der Waals surface area contributed by atoms with Gasteiger partial charge >= 0.3 is 0 Å². The van der Waals surface area contributed by atoms with Crippen molar-refractivity contribution in [2.75, 3.05) is 53.5 Å². The van der Waals surface area contributed by atoms with Gasteiger partial charge in [0.15, 0.2) is 0 Å². The van der Waals surface area contributed by atoms with Crippen molar-refractivity contribution in [3.63, 3.8) is 0 Å². The number of ether oxygens (including phenoxy) is 2. The van der Waals surface area contributed by atoms with Crippen LogP contribution in [0.2, 0.25) is 0 Å². The SMILES string of the molecule is COc1ccccc1CNCCCCCCNCCCCCCCCNCCCCCCNCc1ccccc1OC.Cl.Cl.Cl.Cl.O. The molecule has 0 saturated carbocycles. The normalized spacial score (nSPS) is 10.0. The quantitative estimate of drug-likeness (QED) is 0.0629. The van der Waals surface area contributed by atoms with Crippen LogP contribution in [0.1, 0.15) is 101 Å². The Balaban J connectivity index is -0.00000185. The molecule has 0 aliphatic carbocycles. The molecule has 0 saturated heterocycles. The second-order valence-corrected chi connectivity index (χ2v) is 11.4. The van der Waals surface area contributed by atoms with Crippen LogP contribution >= 0.6 is 49.6 Å². The smallest absolute Gasteiger partial charge is 0.123 e. The minimum absolute atomic E-state index is 0. The molecule has 2 rings (SSSR count). The number of hydrogen-bond donors (Lipinski definition) is 4. The monoisotopic (exact) mass is 744 g/mol. The largest absolute Gasteiger partial charge is 0.496 e. The second-order valence-electron chi connectivity index (χ2n) is 11.4. The van der Waals surface area contributed by atoms with E-state index < -0.39 is 0 Å². The first-order valence-corrected chi connectivity index (χ1v) is 16.9. The summed E-state index contributed by atoms with van der Waals surface area (Å²) in [6, 6.07) is 16.5. The molecule has 0 aliphatic heterocycles. The topological polar surface area (TPSA) is 98.1 Å². The molecule has 11 heteroatoms. The lowest BCUT2D eigenvalue weighted by Gasteiger charge is -2.09. The van der Waals surface area contributed by atoms with Crippen molar-refractivity contribution in [2.45, 2.75) is 103 Å². The van der Waals surface area contributed by atoms with Crippen molar-refractivity contribution in [3.05, 3.63) is 59.7 Å². The minimum atomic E-state index is 0. The summed E-state index contributed by atoms with van der Waals surface area (Å²) in [6.07, 6.45) is 18.5. The molecule has 0 aliphatic rings. The number of halogens is 4. The molecule has 0 fully saturated rings. The Morgan fingerprint density at radius 2 is 0.638 bits per heavy atom. The molecule has 0 unspecified atom stereocenters. The molecule has 2 aromatic carbocycles. The number of para-hydroxylation sites is 2. The molecule has 0 bridgehead atoms. The summed E-state index contributed by atoms with van der Waals surface area (Å²) < 4.78 is 10.8. The zero-order valence-corrected chi connectivity index (χ0v) is 32.4. The van der Waals surface area contributed by atoms with Gasteiger partial charge in [-0.3, -0.25) is 0 Å². The van der Waals surface area contributed by atoms with Crippen molar-refractivity contribution < 1.29 is 14.9 Å². The number of nitrogens with one attached hydrogen (secondary N) is 4. The van der Waals surface area contributed by atoms with Crippen molar-refractivity contribution in [3.8, 4) is 11.5 Å². The Bertz CT molecular complexity index is 831. The Kier molecular flexibility index (Phi) is 44.3. The van der Waals surface area contributed by atoms with Crippen LogP contribution in [0.15, 0.2) is 48.5 Å². The molecule has 278 valence electrons. The molecular weight excluding hydrogens is 678 g/mol. The number of unbranched alkanes of at least 4 members (excludes halogenated alkanes) is 11. The fourth-order valence-electron chi connectivity index (χ4n) is 5.31. The van der Waals surface area contributed by atoms with Gasteiger partial charge in [0.2, 0.25) is 0 Å². The van der Waals surface area contributed by atoms with E-state index in [1.165, 1.54) is 127 Å². The van der Waals surface area contributed by atoms with E-state index in [4.69, 9.17) is 9.47 Å². The molecule has 0 amide bonds. The van der Waals surface area contributed by atoms with Crippen LogP contribution in [0, 0.1) is 0 Å². The number of hydrogen-bond acceptors (Lipinski definition) is 6. The van der Waals surface area contributed by atoms with Gasteiger partial charge in [0.1, 0.15) is 11.5 Å². The number of benzene rings is 2.